The number of ether oxygens (including phenoxy) is 3. The van der Waals surface area contributed by atoms with Crippen LogP contribution in [-0.4, -0.2) is 47.3 Å². The Labute approximate surface area is 98.0 Å². The summed E-state index contributed by atoms with van der Waals surface area (Å²) in [5, 5.41) is 9.59. The molecule has 1 unspecified atom stereocenters. The quantitative estimate of drug-likeness (QED) is 0.622. The molecule has 0 aliphatic carbocycles. The molecule has 0 amide bonds. The van der Waals surface area contributed by atoms with Crippen LogP contribution in [0.1, 0.15) is 13.8 Å². The molecular weight excluding hydrogens is 299 g/mol. The predicted octanol–water partition coefficient (Wildman–Crippen LogP) is 0.947. The van der Waals surface area contributed by atoms with Gasteiger partial charge in [0.15, 0.2) is 6.29 Å². The Balaban J connectivity index is 2.70. The van der Waals surface area contributed by atoms with E-state index >= 15 is 0 Å². The summed E-state index contributed by atoms with van der Waals surface area (Å²) in [5.41, 5.74) is 0. The Bertz CT molecular complexity index is 178. The van der Waals surface area contributed by atoms with E-state index < -0.39 is 6.29 Å². The van der Waals surface area contributed by atoms with Crippen molar-refractivity contribution >= 4 is 22.6 Å². The third kappa shape index (κ3) is 2.57. The number of hydrogen-bond acceptors (Lipinski definition) is 4. The van der Waals surface area contributed by atoms with Crippen molar-refractivity contribution in [2.45, 2.75) is 42.4 Å². The van der Waals surface area contributed by atoms with Gasteiger partial charge in [0.25, 0.3) is 0 Å². The van der Waals surface area contributed by atoms with Crippen LogP contribution in [0.15, 0.2) is 0 Å². The zero-order valence-corrected chi connectivity index (χ0v) is 10.8. The summed E-state index contributed by atoms with van der Waals surface area (Å²) >= 11 is 2.14. The van der Waals surface area contributed by atoms with E-state index in [0.29, 0.717) is 6.61 Å². The van der Waals surface area contributed by atoms with Gasteiger partial charge in [-0.25, -0.2) is 0 Å². The largest absolute Gasteiger partial charge is 0.376 e. The van der Waals surface area contributed by atoms with Gasteiger partial charge in [-0.3, -0.25) is 0 Å². The fourth-order valence-corrected chi connectivity index (χ4v) is 2.47. The molecule has 1 aliphatic heterocycles. The van der Waals surface area contributed by atoms with Crippen LogP contribution >= 0.6 is 22.6 Å². The van der Waals surface area contributed by atoms with Crippen molar-refractivity contribution in [1.29, 1.82) is 0 Å². The topological polar surface area (TPSA) is 47.9 Å². The maximum Gasteiger partial charge on any atom is 0.169 e. The van der Waals surface area contributed by atoms with Crippen molar-refractivity contribution in [1.82, 2.24) is 0 Å². The van der Waals surface area contributed by atoms with E-state index in [2.05, 4.69) is 22.6 Å². The van der Waals surface area contributed by atoms with Crippen LogP contribution in [0, 0.1) is 0 Å². The summed E-state index contributed by atoms with van der Waals surface area (Å²) in [5.74, 6) is 0. The Morgan fingerprint density at radius 1 is 1.43 bits per heavy atom. The summed E-state index contributed by atoms with van der Waals surface area (Å²) in [6.07, 6.45) is -1.13. The SMILES string of the molecule is CCO[C@H]1C(I)[C@H](O)O[C@@H](C)[C@@H]1OC. The van der Waals surface area contributed by atoms with E-state index in [0.717, 1.165) is 0 Å². The molecule has 5 heteroatoms. The molecule has 0 saturated carbocycles. The minimum Gasteiger partial charge on any atom is -0.376 e. The average Bonchev–Trinajstić information content (AvgIpc) is 2.14. The highest BCUT2D eigenvalue weighted by Gasteiger charge is 2.43. The molecule has 4 nitrogen and oxygen atoms in total. The number of halogens is 1. The second kappa shape index (κ2) is 5.60. The Kier molecular flexibility index (Phi) is 5.05. The number of aliphatic hydroxyl groups excluding tert-OH is 1. The summed E-state index contributed by atoms with van der Waals surface area (Å²) in [6.45, 7) is 4.43. The molecule has 1 rings (SSSR count). The Morgan fingerprint density at radius 2 is 2.07 bits per heavy atom. The van der Waals surface area contributed by atoms with Crippen LogP contribution < -0.4 is 0 Å². The van der Waals surface area contributed by atoms with Gasteiger partial charge < -0.3 is 19.3 Å². The molecule has 0 spiro atoms. The summed E-state index contributed by atoms with van der Waals surface area (Å²) in [6, 6.07) is 0. The lowest BCUT2D eigenvalue weighted by molar-refractivity contribution is -0.233. The van der Waals surface area contributed by atoms with E-state index in [-0.39, 0.29) is 22.2 Å². The zero-order valence-electron chi connectivity index (χ0n) is 8.64. The average molecular weight is 316 g/mol. The molecule has 1 aliphatic rings. The van der Waals surface area contributed by atoms with Gasteiger partial charge in [-0.2, -0.15) is 0 Å². The summed E-state index contributed by atoms with van der Waals surface area (Å²) < 4.78 is 16.1. The zero-order chi connectivity index (χ0) is 10.7. The second-order valence-electron chi connectivity index (χ2n) is 3.30. The minimum absolute atomic E-state index is 0.0892. The van der Waals surface area contributed by atoms with Gasteiger partial charge in [-0.05, 0) is 13.8 Å². The van der Waals surface area contributed by atoms with E-state index in [4.69, 9.17) is 14.2 Å². The van der Waals surface area contributed by atoms with Crippen molar-refractivity contribution in [2.75, 3.05) is 13.7 Å². The second-order valence-corrected chi connectivity index (χ2v) is 4.73. The fourth-order valence-electron chi connectivity index (χ4n) is 1.69. The van der Waals surface area contributed by atoms with Gasteiger partial charge >= 0.3 is 0 Å². The van der Waals surface area contributed by atoms with Gasteiger partial charge in [0.1, 0.15) is 12.2 Å². The molecule has 1 heterocycles. The first-order valence-electron chi connectivity index (χ1n) is 4.73. The Morgan fingerprint density at radius 3 is 2.57 bits per heavy atom. The van der Waals surface area contributed by atoms with Gasteiger partial charge in [-0.1, -0.05) is 22.6 Å². The van der Waals surface area contributed by atoms with E-state index in [1.165, 1.54) is 0 Å². The van der Waals surface area contributed by atoms with Gasteiger partial charge in [0, 0.05) is 13.7 Å². The van der Waals surface area contributed by atoms with Crippen molar-refractivity contribution in [3.05, 3.63) is 0 Å². The fraction of sp³-hybridized carbons (Fsp3) is 1.00. The predicted molar refractivity (Wildman–Crippen MR) is 60.6 cm³/mol. The molecule has 1 N–H and O–H groups in total. The first kappa shape index (κ1) is 12.6. The maximum absolute atomic E-state index is 9.59. The molecule has 14 heavy (non-hydrogen) atoms. The van der Waals surface area contributed by atoms with Crippen molar-refractivity contribution in [3.8, 4) is 0 Å². The van der Waals surface area contributed by atoms with Crippen molar-refractivity contribution in [2.24, 2.45) is 0 Å². The lowest BCUT2D eigenvalue weighted by Gasteiger charge is -2.40. The van der Waals surface area contributed by atoms with Crippen LogP contribution in [0.25, 0.3) is 0 Å². The molecule has 0 aromatic heterocycles. The third-order valence-corrected chi connectivity index (χ3v) is 3.68. The van der Waals surface area contributed by atoms with Crippen LogP contribution in [-0.2, 0) is 14.2 Å². The molecule has 0 aromatic carbocycles. The first-order chi connectivity index (χ1) is 6.61. The van der Waals surface area contributed by atoms with Crippen molar-refractivity contribution < 1.29 is 19.3 Å². The van der Waals surface area contributed by atoms with E-state index in [9.17, 15) is 5.11 Å². The molecule has 0 radical (unpaired) electrons. The molecule has 0 bridgehead atoms. The van der Waals surface area contributed by atoms with Crippen molar-refractivity contribution in [3.63, 3.8) is 0 Å². The highest BCUT2D eigenvalue weighted by molar-refractivity contribution is 14.1. The molecule has 1 saturated heterocycles. The van der Waals surface area contributed by atoms with Gasteiger partial charge in [0.05, 0.1) is 10.0 Å². The number of hydrogen-bond donors (Lipinski definition) is 1. The Hall–Kier alpha value is 0.570. The standard InChI is InChI=1S/C9H17IO4/c1-4-13-8-6(10)9(11)14-5(2)7(8)12-3/h5-9,11H,4H2,1-3H3/t5-,6?,7-,8-,9+/m0/s1. The maximum atomic E-state index is 9.59. The molecular formula is C9H17IO4. The van der Waals surface area contributed by atoms with Crippen LogP contribution in [0.2, 0.25) is 0 Å². The summed E-state index contributed by atoms with van der Waals surface area (Å²) in [4.78, 5) is 0. The van der Waals surface area contributed by atoms with Gasteiger partial charge in [-0.15, -0.1) is 0 Å². The number of aliphatic hydroxyl groups is 1. The van der Waals surface area contributed by atoms with Crippen LogP contribution in [0.5, 0.6) is 0 Å². The smallest absolute Gasteiger partial charge is 0.169 e. The number of methoxy groups -OCH3 is 1. The third-order valence-electron chi connectivity index (χ3n) is 2.36. The first-order valence-corrected chi connectivity index (χ1v) is 5.98. The molecule has 1 fully saturated rings. The highest BCUT2D eigenvalue weighted by Crippen LogP contribution is 2.29. The monoisotopic (exact) mass is 316 g/mol. The normalized spacial score (nSPS) is 43.9. The summed E-state index contributed by atoms with van der Waals surface area (Å²) in [7, 11) is 1.64. The molecule has 84 valence electrons. The van der Waals surface area contributed by atoms with Crippen LogP contribution in [0.3, 0.4) is 0 Å². The minimum atomic E-state index is -0.770. The molecule has 0 aromatic rings. The van der Waals surface area contributed by atoms with Crippen LogP contribution in [0.4, 0.5) is 0 Å². The van der Waals surface area contributed by atoms with E-state index in [1.807, 2.05) is 13.8 Å². The number of alkyl halides is 1. The highest BCUT2D eigenvalue weighted by atomic mass is 127. The van der Waals surface area contributed by atoms with E-state index in [1.54, 1.807) is 7.11 Å². The number of rotatable bonds is 3. The van der Waals surface area contributed by atoms with Gasteiger partial charge in [0.2, 0.25) is 0 Å². The lowest BCUT2D eigenvalue weighted by atomic mass is 10.0. The lowest BCUT2D eigenvalue weighted by Crippen LogP contribution is -2.55. The molecule has 5 atom stereocenters.